The first-order chi connectivity index (χ1) is 8.97. The van der Waals surface area contributed by atoms with Gasteiger partial charge in [0.15, 0.2) is 4.67 Å². The van der Waals surface area contributed by atoms with Gasteiger partial charge in [-0.05, 0) is 40.1 Å². The quantitative estimate of drug-likeness (QED) is 0.864. The van der Waals surface area contributed by atoms with Crippen molar-refractivity contribution in [2.75, 3.05) is 13.1 Å². The van der Waals surface area contributed by atoms with Gasteiger partial charge in [0, 0.05) is 19.2 Å². The number of hydrogen-bond acceptors (Lipinski definition) is 3. The molecule has 1 aromatic rings. The molecule has 2 unspecified atom stereocenters. The lowest BCUT2D eigenvalue weighted by Crippen LogP contribution is -2.28. The maximum atomic E-state index is 11.9. The summed E-state index contributed by atoms with van der Waals surface area (Å²) in [4.78, 5) is 24.5. The van der Waals surface area contributed by atoms with Crippen LogP contribution in [-0.4, -0.2) is 35.0 Å². The van der Waals surface area contributed by atoms with Crippen LogP contribution in [0.25, 0.3) is 6.08 Å². The molecule has 1 saturated heterocycles. The van der Waals surface area contributed by atoms with Crippen LogP contribution >= 0.6 is 15.9 Å². The van der Waals surface area contributed by atoms with Gasteiger partial charge in [-0.2, -0.15) is 0 Å². The monoisotopic (exact) mass is 327 g/mol. The lowest BCUT2D eigenvalue weighted by molar-refractivity contribution is -0.142. The van der Waals surface area contributed by atoms with Crippen molar-refractivity contribution in [2.45, 2.75) is 6.92 Å². The Balaban J connectivity index is 1.98. The number of rotatable bonds is 3. The van der Waals surface area contributed by atoms with E-state index < -0.39 is 11.9 Å². The van der Waals surface area contributed by atoms with E-state index in [0.29, 0.717) is 17.0 Å². The minimum Gasteiger partial charge on any atom is -0.481 e. The highest BCUT2D eigenvalue weighted by Gasteiger charge is 2.36. The summed E-state index contributed by atoms with van der Waals surface area (Å²) in [6.45, 7) is 2.59. The second kappa shape index (κ2) is 5.61. The number of carboxylic acids is 1. The molecule has 5 nitrogen and oxygen atoms in total. The van der Waals surface area contributed by atoms with Crippen molar-refractivity contribution in [2.24, 2.45) is 11.8 Å². The van der Waals surface area contributed by atoms with Crippen LogP contribution in [0.5, 0.6) is 0 Å². The number of aliphatic carboxylic acids is 1. The first kappa shape index (κ1) is 13.9. The second-order valence-corrected chi connectivity index (χ2v) is 5.42. The Morgan fingerprint density at radius 2 is 2.21 bits per heavy atom. The fourth-order valence-corrected chi connectivity index (χ4v) is 2.46. The summed E-state index contributed by atoms with van der Waals surface area (Å²) >= 11 is 3.18. The minimum absolute atomic E-state index is 0.0207. The van der Waals surface area contributed by atoms with Crippen molar-refractivity contribution < 1.29 is 19.1 Å². The van der Waals surface area contributed by atoms with Crippen LogP contribution in [0.3, 0.4) is 0 Å². The molecule has 1 aliphatic heterocycles. The summed E-state index contributed by atoms with van der Waals surface area (Å²) < 4.78 is 5.84. The van der Waals surface area contributed by atoms with Gasteiger partial charge >= 0.3 is 5.97 Å². The van der Waals surface area contributed by atoms with E-state index in [2.05, 4.69) is 15.9 Å². The average Bonchev–Trinajstić information content (AvgIpc) is 2.92. The van der Waals surface area contributed by atoms with Crippen LogP contribution < -0.4 is 0 Å². The normalized spacial score (nSPS) is 23.2. The zero-order chi connectivity index (χ0) is 14.0. The average molecular weight is 328 g/mol. The highest BCUT2D eigenvalue weighted by molar-refractivity contribution is 9.10. The lowest BCUT2D eigenvalue weighted by Gasteiger charge is -2.12. The van der Waals surface area contributed by atoms with Crippen LogP contribution in [0, 0.1) is 11.8 Å². The fraction of sp³-hybridized carbons (Fsp3) is 0.385. The van der Waals surface area contributed by atoms with E-state index in [1.54, 1.807) is 23.1 Å². The fourth-order valence-electron chi connectivity index (χ4n) is 2.14. The molecule has 1 aromatic heterocycles. The molecular weight excluding hydrogens is 314 g/mol. The van der Waals surface area contributed by atoms with Crippen LogP contribution in [0.2, 0.25) is 0 Å². The van der Waals surface area contributed by atoms with Gasteiger partial charge in [0.2, 0.25) is 5.91 Å². The van der Waals surface area contributed by atoms with Gasteiger partial charge in [-0.3, -0.25) is 9.59 Å². The predicted octanol–water partition coefficient (Wildman–Crippen LogP) is 2.23. The maximum absolute atomic E-state index is 11.9. The number of hydrogen-bond donors (Lipinski definition) is 1. The standard InChI is InChI=1S/C13H14BrNO4/c1-8-6-15(7-10(8)13(17)18)12(16)5-3-9-2-4-11(14)19-9/h2-5,8,10H,6-7H2,1H3,(H,17,18). The van der Waals surface area contributed by atoms with Gasteiger partial charge in [0.25, 0.3) is 0 Å². The van der Waals surface area contributed by atoms with Crippen molar-refractivity contribution in [1.82, 2.24) is 4.90 Å². The number of furan rings is 1. The van der Waals surface area contributed by atoms with Gasteiger partial charge in [0.05, 0.1) is 5.92 Å². The van der Waals surface area contributed by atoms with Crippen LogP contribution in [0.15, 0.2) is 27.3 Å². The van der Waals surface area contributed by atoms with E-state index in [1.165, 1.54) is 6.08 Å². The maximum Gasteiger partial charge on any atom is 0.308 e. The molecule has 1 fully saturated rings. The Hall–Kier alpha value is -1.56. The van der Waals surface area contributed by atoms with E-state index in [1.807, 2.05) is 6.92 Å². The number of carboxylic acid groups (broad SMARTS) is 1. The van der Waals surface area contributed by atoms with E-state index in [-0.39, 0.29) is 18.4 Å². The zero-order valence-corrected chi connectivity index (χ0v) is 12.0. The summed E-state index contributed by atoms with van der Waals surface area (Å²) in [6.07, 6.45) is 2.98. The smallest absolute Gasteiger partial charge is 0.308 e. The summed E-state index contributed by atoms with van der Waals surface area (Å²) in [6, 6.07) is 3.48. The van der Waals surface area contributed by atoms with Gasteiger partial charge in [0.1, 0.15) is 5.76 Å². The largest absolute Gasteiger partial charge is 0.481 e. The molecule has 1 amide bonds. The summed E-state index contributed by atoms with van der Waals surface area (Å²) in [5.74, 6) is -0.963. The topological polar surface area (TPSA) is 70.8 Å². The lowest BCUT2D eigenvalue weighted by atomic mass is 9.99. The van der Waals surface area contributed by atoms with E-state index in [0.717, 1.165) is 0 Å². The van der Waals surface area contributed by atoms with Crippen molar-refractivity contribution in [3.8, 4) is 0 Å². The summed E-state index contributed by atoms with van der Waals surface area (Å²) in [5.41, 5.74) is 0. The molecule has 6 heteroatoms. The Morgan fingerprint density at radius 1 is 1.47 bits per heavy atom. The number of halogens is 1. The number of amides is 1. The van der Waals surface area contributed by atoms with Crippen LogP contribution in [-0.2, 0) is 9.59 Å². The molecule has 0 radical (unpaired) electrons. The third-order valence-electron chi connectivity index (χ3n) is 3.23. The van der Waals surface area contributed by atoms with Crippen molar-refractivity contribution >= 4 is 33.9 Å². The molecule has 1 aliphatic rings. The minimum atomic E-state index is -0.846. The number of carbonyl (C=O) groups is 2. The van der Waals surface area contributed by atoms with Gasteiger partial charge in [-0.15, -0.1) is 0 Å². The Morgan fingerprint density at radius 3 is 2.74 bits per heavy atom. The second-order valence-electron chi connectivity index (χ2n) is 4.64. The SMILES string of the molecule is CC1CN(C(=O)C=Cc2ccc(Br)o2)CC1C(=O)O. The van der Waals surface area contributed by atoms with Gasteiger partial charge in [-0.25, -0.2) is 0 Å². The number of likely N-dealkylation sites (tertiary alicyclic amines) is 1. The molecule has 1 N–H and O–H groups in total. The Kier molecular flexibility index (Phi) is 4.09. The molecular formula is C13H14BrNO4. The molecule has 0 spiro atoms. The van der Waals surface area contributed by atoms with Gasteiger partial charge < -0.3 is 14.4 Å². The third kappa shape index (κ3) is 3.26. The zero-order valence-electron chi connectivity index (χ0n) is 10.4. The van der Waals surface area contributed by atoms with Crippen molar-refractivity contribution in [3.63, 3.8) is 0 Å². The first-order valence-electron chi connectivity index (χ1n) is 5.92. The molecule has 0 saturated carbocycles. The van der Waals surface area contributed by atoms with E-state index in [9.17, 15) is 9.59 Å². The van der Waals surface area contributed by atoms with Crippen molar-refractivity contribution in [3.05, 3.63) is 28.6 Å². The molecule has 2 rings (SSSR count). The molecule has 0 aromatic carbocycles. The van der Waals surface area contributed by atoms with Crippen molar-refractivity contribution in [1.29, 1.82) is 0 Å². The molecule has 2 atom stereocenters. The Bertz CT molecular complexity index is 522. The third-order valence-corrected chi connectivity index (χ3v) is 3.65. The van der Waals surface area contributed by atoms with Crippen LogP contribution in [0.4, 0.5) is 0 Å². The predicted molar refractivity (Wildman–Crippen MR) is 72.3 cm³/mol. The molecule has 0 aliphatic carbocycles. The van der Waals surface area contributed by atoms with E-state index >= 15 is 0 Å². The molecule has 0 bridgehead atoms. The van der Waals surface area contributed by atoms with E-state index in [4.69, 9.17) is 9.52 Å². The first-order valence-corrected chi connectivity index (χ1v) is 6.72. The number of nitrogens with zero attached hydrogens (tertiary/aromatic N) is 1. The van der Waals surface area contributed by atoms with Crippen LogP contribution in [0.1, 0.15) is 12.7 Å². The molecule has 19 heavy (non-hydrogen) atoms. The molecule has 2 heterocycles. The highest BCUT2D eigenvalue weighted by Crippen LogP contribution is 2.23. The molecule has 102 valence electrons. The summed E-state index contributed by atoms with van der Waals surface area (Å²) in [7, 11) is 0. The summed E-state index contributed by atoms with van der Waals surface area (Å²) in [5, 5.41) is 9.02. The van der Waals surface area contributed by atoms with Gasteiger partial charge in [-0.1, -0.05) is 6.92 Å². The highest BCUT2D eigenvalue weighted by atomic mass is 79.9. The number of carbonyl (C=O) groups excluding carboxylic acids is 1. The Labute approximate surface area is 119 Å².